The second kappa shape index (κ2) is 9.61. The van der Waals surface area contributed by atoms with Crippen LogP contribution in [0.1, 0.15) is 39.5 Å². The molecule has 0 fully saturated rings. The van der Waals surface area contributed by atoms with Gasteiger partial charge in [-0.05, 0) is 41.5 Å². The van der Waals surface area contributed by atoms with Crippen LogP contribution >= 0.6 is 0 Å². The van der Waals surface area contributed by atoms with E-state index in [1.165, 1.54) is 4.68 Å². The van der Waals surface area contributed by atoms with Crippen LogP contribution in [0.15, 0.2) is 18.2 Å². The molecular formula is C17H24N4O4. The molecule has 8 heteroatoms. The van der Waals surface area contributed by atoms with Gasteiger partial charge in [-0.25, -0.2) is 4.68 Å². The normalized spacial score (nSPS) is 10.6. The molecule has 1 aromatic heterocycles. The van der Waals surface area contributed by atoms with E-state index >= 15 is 0 Å². The fraction of sp³-hybridized carbons (Fsp3) is 0.529. The highest BCUT2D eigenvalue weighted by Crippen LogP contribution is 2.32. The lowest BCUT2D eigenvalue weighted by Crippen LogP contribution is -2.11. The fourth-order valence-electron chi connectivity index (χ4n) is 2.18. The van der Waals surface area contributed by atoms with Crippen molar-refractivity contribution in [2.24, 2.45) is 0 Å². The molecule has 0 aliphatic rings. The summed E-state index contributed by atoms with van der Waals surface area (Å²) in [6.45, 7) is 5.11. The summed E-state index contributed by atoms with van der Waals surface area (Å²) in [4.78, 5) is 10.9. The fourth-order valence-corrected chi connectivity index (χ4v) is 2.18. The molecule has 0 unspecified atom stereocenters. The summed E-state index contributed by atoms with van der Waals surface area (Å²) in [5.41, 5.74) is 0.681. The number of carboxylic acid groups (broad SMARTS) is 1. The highest BCUT2D eigenvalue weighted by atomic mass is 16.5. The molecule has 0 spiro atoms. The Hall–Kier alpha value is -2.64. The van der Waals surface area contributed by atoms with Crippen LogP contribution in [0.3, 0.4) is 0 Å². The maximum absolute atomic E-state index is 10.9. The van der Waals surface area contributed by atoms with Gasteiger partial charge in [0.2, 0.25) is 0 Å². The Bertz CT molecular complexity index is 687. The lowest BCUT2D eigenvalue weighted by molar-refractivity contribution is -0.137. The van der Waals surface area contributed by atoms with Crippen LogP contribution in [0.5, 0.6) is 11.5 Å². The Morgan fingerprint density at radius 1 is 1.12 bits per heavy atom. The number of aliphatic carboxylic acids is 1. The number of hydrogen-bond donors (Lipinski definition) is 1. The first kappa shape index (κ1) is 18.7. The third kappa shape index (κ3) is 5.44. The molecule has 0 saturated carbocycles. The van der Waals surface area contributed by atoms with Crippen molar-refractivity contribution in [1.82, 2.24) is 20.2 Å². The van der Waals surface area contributed by atoms with Crippen LogP contribution < -0.4 is 9.47 Å². The summed E-state index contributed by atoms with van der Waals surface area (Å²) >= 11 is 0. The molecule has 0 bridgehead atoms. The van der Waals surface area contributed by atoms with Crippen LogP contribution in [0.4, 0.5) is 0 Å². The number of benzene rings is 1. The van der Waals surface area contributed by atoms with E-state index in [4.69, 9.17) is 14.6 Å². The van der Waals surface area contributed by atoms with Crippen molar-refractivity contribution < 1.29 is 19.4 Å². The minimum atomic E-state index is -1.01. The number of ether oxygens (including phenoxy) is 2. The molecule has 2 rings (SSSR count). The van der Waals surface area contributed by atoms with Crippen LogP contribution in [-0.2, 0) is 11.3 Å². The van der Waals surface area contributed by atoms with Crippen molar-refractivity contribution in [2.75, 3.05) is 13.2 Å². The van der Waals surface area contributed by atoms with E-state index in [1.807, 2.05) is 6.07 Å². The van der Waals surface area contributed by atoms with E-state index in [0.717, 1.165) is 25.7 Å². The molecule has 0 saturated heterocycles. The first-order chi connectivity index (χ1) is 12.2. The molecular weight excluding hydrogens is 324 g/mol. The number of rotatable bonds is 11. The maximum Gasteiger partial charge on any atom is 0.325 e. The highest BCUT2D eigenvalue weighted by molar-refractivity contribution is 5.68. The predicted molar refractivity (Wildman–Crippen MR) is 91.7 cm³/mol. The lowest BCUT2D eigenvalue weighted by atomic mass is 10.2. The Kier molecular flexibility index (Phi) is 7.18. The molecule has 25 heavy (non-hydrogen) atoms. The van der Waals surface area contributed by atoms with Crippen molar-refractivity contribution in [2.45, 2.75) is 46.1 Å². The van der Waals surface area contributed by atoms with Crippen LogP contribution in [0, 0.1) is 0 Å². The molecule has 0 atom stereocenters. The third-order valence-electron chi connectivity index (χ3n) is 3.53. The molecule has 136 valence electrons. The van der Waals surface area contributed by atoms with Gasteiger partial charge in [0, 0.05) is 5.56 Å². The minimum Gasteiger partial charge on any atom is -0.490 e. The van der Waals surface area contributed by atoms with Crippen LogP contribution in [0.2, 0.25) is 0 Å². The maximum atomic E-state index is 10.9. The zero-order valence-corrected chi connectivity index (χ0v) is 14.6. The van der Waals surface area contributed by atoms with Gasteiger partial charge in [-0.1, -0.05) is 26.7 Å². The number of carboxylic acids is 1. The van der Waals surface area contributed by atoms with Crippen molar-refractivity contribution >= 4 is 5.97 Å². The van der Waals surface area contributed by atoms with Gasteiger partial charge in [0.25, 0.3) is 0 Å². The minimum absolute atomic E-state index is 0.302. The van der Waals surface area contributed by atoms with Gasteiger partial charge in [0.1, 0.15) is 6.54 Å². The number of tetrazole rings is 1. The van der Waals surface area contributed by atoms with Gasteiger partial charge in [-0.15, -0.1) is 5.10 Å². The lowest BCUT2D eigenvalue weighted by Gasteiger charge is -2.14. The van der Waals surface area contributed by atoms with Gasteiger partial charge < -0.3 is 14.6 Å². The Morgan fingerprint density at radius 3 is 2.44 bits per heavy atom. The van der Waals surface area contributed by atoms with E-state index in [1.54, 1.807) is 12.1 Å². The summed E-state index contributed by atoms with van der Waals surface area (Å²) < 4.78 is 12.9. The molecule has 0 aliphatic heterocycles. The second-order valence-electron chi connectivity index (χ2n) is 5.62. The first-order valence-corrected chi connectivity index (χ1v) is 8.53. The molecule has 1 heterocycles. The van der Waals surface area contributed by atoms with Gasteiger partial charge in [0.15, 0.2) is 17.3 Å². The van der Waals surface area contributed by atoms with E-state index < -0.39 is 5.97 Å². The van der Waals surface area contributed by atoms with Crippen molar-refractivity contribution in [3.63, 3.8) is 0 Å². The summed E-state index contributed by atoms with van der Waals surface area (Å²) in [5.74, 6) is 0.660. The summed E-state index contributed by atoms with van der Waals surface area (Å²) in [7, 11) is 0. The molecule has 1 aromatic carbocycles. The van der Waals surface area contributed by atoms with E-state index in [-0.39, 0.29) is 6.54 Å². The van der Waals surface area contributed by atoms with Crippen molar-refractivity contribution in [3.05, 3.63) is 18.2 Å². The Balaban J connectivity index is 2.25. The third-order valence-corrected chi connectivity index (χ3v) is 3.53. The zero-order valence-electron chi connectivity index (χ0n) is 14.6. The Labute approximate surface area is 146 Å². The van der Waals surface area contributed by atoms with Crippen LogP contribution in [0.25, 0.3) is 11.4 Å². The van der Waals surface area contributed by atoms with Crippen LogP contribution in [-0.4, -0.2) is 44.5 Å². The molecule has 2 aromatic rings. The number of nitrogens with zero attached hydrogens (tertiary/aromatic N) is 4. The second-order valence-corrected chi connectivity index (χ2v) is 5.62. The first-order valence-electron chi connectivity index (χ1n) is 8.53. The quantitative estimate of drug-likeness (QED) is 0.623. The van der Waals surface area contributed by atoms with Gasteiger partial charge in [-0.2, -0.15) is 0 Å². The van der Waals surface area contributed by atoms with Crippen molar-refractivity contribution in [1.29, 1.82) is 0 Å². The molecule has 0 amide bonds. The number of unbranched alkanes of at least 4 members (excludes halogenated alkanes) is 2. The summed E-state index contributed by atoms with van der Waals surface area (Å²) in [5, 5.41) is 20.2. The smallest absolute Gasteiger partial charge is 0.325 e. The van der Waals surface area contributed by atoms with Gasteiger partial charge >= 0.3 is 5.97 Å². The standard InChI is InChI=1S/C17H24N4O4/c1-3-5-9-24-14-8-7-13(11-15(14)25-10-6-4-2)17-18-19-20-21(17)12-16(22)23/h7-8,11H,3-6,9-10,12H2,1-2H3,(H,22,23). The predicted octanol–water partition coefficient (Wildman–Crippen LogP) is 2.78. The number of carbonyl (C=O) groups is 1. The molecule has 0 aliphatic carbocycles. The van der Waals surface area contributed by atoms with E-state index in [0.29, 0.717) is 36.1 Å². The monoisotopic (exact) mass is 348 g/mol. The van der Waals surface area contributed by atoms with E-state index in [2.05, 4.69) is 29.4 Å². The average molecular weight is 348 g/mol. The molecule has 0 radical (unpaired) electrons. The van der Waals surface area contributed by atoms with Gasteiger partial charge in [-0.3, -0.25) is 4.79 Å². The van der Waals surface area contributed by atoms with Crippen molar-refractivity contribution in [3.8, 4) is 22.9 Å². The zero-order chi connectivity index (χ0) is 18.1. The summed E-state index contributed by atoms with van der Waals surface area (Å²) in [6.07, 6.45) is 3.99. The topological polar surface area (TPSA) is 99.4 Å². The van der Waals surface area contributed by atoms with E-state index in [9.17, 15) is 4.79 Å². The number of aromatic nitrogens is 4. The average Bonchev–Trinajstić information content (AvgIpc) is 3.03. The SMILES string of the molecule is CCCCOc1ccc(-c2nnnn2CC(=O)O)cc1OCCCC. The van der Waals surface area contributed by atoms with Gasteiger partial charge in [0.05, 0.1) is 13.2 Å². The number of hydrogen-bond acceptors (Lipinski definition) is 6. The summed E-state index contributed by atoms with van der Waals surface area (Å²) in [6, 6.07) is 5.41. The molecule has 8 nitrogen and oxygen atoms in total. The Morgan fingerprint density at radius 2 is 1.80 bits per heavy atom. The molecule has 1 N–H and O–H groups in total. The largest absolute Gasteiger partial charge is 0.490 e. The highest BCUT2D eigenvalue weighted by Gasteiger charge is 2.15.